The standard InChI is InChI=1S/C18H24F2N6O/c1-13-4-7-26(24-13)17-22-15(21-14-2-5-18(19,20)6-3-14)12-16(23-17)25-8-10-27-11-9-25/h4,7,12,14H,2-3,5-6,8-11H2,1H3,(H,21,22,23)/i8D2,9D2,10D2,11D2. The largest absolute Gasteiger partial charge is 0.378 e. The fraction of sp³-hybridized carbons (Fsp3) is 0.611. The van der Waals surface area contributed by atoms with Crippen LogP contribution in [0.4, 0.5) is 20.4 Å². The summed E-state index contributed by atoms with van der Waals surface area (Å²) in [5, 5.41) is 7.19. The molecule has 27 heavy (non-hydrogen) atoms. The molecule has 4 rings (SSSR count). The van der Waals surface area contributed by atoms with Crippen molar-refractivity contribution in [1.29, 1.82) is 0 Å². The monoisotopic (exact) mass is 386 g/mol. The van der Waals surface area contributed by atoms with E-state index in [1.165, 1.54) is 10.9 Å². The Morgan fingerprint density at radius 1 is 1.26 bits per heavy atom. The third-order valence-corrected chi connectivity index (χ3v) is 4.34. The average molecular weight is 386 g/mol. The molecule has 0 atom stereocenters. The van der Waals surface area contributed by atoms with E-state index in [0.29, 0.717) is 5.69 Å². The number of nitrogens with one attached hydrogen (secondary N) is 1. The summed E-state index contributed by atoms with van der Waals surface area (Å²) in [6, 6.07) is 2.36. The minimum atomic E-state index is -3.27. The molecule has 1 aliphatic carbocycles. The van der Waals surface area contributed by atoms with Gasteiger partial charge in [-0.1, -0.05) is 0 Å². The second kappa shape index (κ2) is 7.38. The minimum Gasteiger partial charge on any atom is -0.378 e. The number of hydrogen-bond acceptors (Lipinski definition) is 6. The van der Waals surface area contributed by atoms with Gasteiger partial charge in [0, 0.05) is 44.1 Å². The first-order valence-electron chi connectivity index (χ1n) is 12.5. The maximum absolute atomic E-state index is 13.6. The Morgan fingerprint density at radius 2 is 2.00 bits per heavy atom. The number of aryl methyl sites for hydroxylation is 1. The smallest absolute Gasteiger partial charge is 0.254 e. The van der Waals surface area contributed by atoms with Crippen LogP contribution in [0.2, 0.25) is 0 Å². The summed E-state index contributed by atoms with van der Waals surface area (Å²) in [6.45, 7) is -11.3. The Hall–Kier alpha value is -2.29. The highest BCUT2D eigenvalue weighted by Crippen LogP contribution is 2.34. The maximum Gasteiger partial charge on any atom is 0.254 e. The lowest BCUT2D eigenvalue weighted by atomic mass is 9.92. The lowest BCUT2D eigenvalue weighted by Crippen LogP contribution is -2.37. The Balaban J connectivity index is 1.81. The molecular formula is C18H24F2N6O. The van der Waals surface area contributed by atoms with Crippen LogP contribution in [0.3, 0.4) is 0 Å². The second-order valence-corrected chi connectivity index (χ2v) is 6.45. The van der Waals surface area contributed by atoms with Crippen LogP contribution in [0.25, 0.3) is 5.95 Å². The van der Waals surface area contributed by atoms with Gasteiger partial charge in [0.15, 0.2) is 0 Å². The summed E-state index contributed by atoms with van der Waals surface area (Å²) in [6.07, 6.45) is 1.10. The highest BCUT2D eigenvalue weighted by Gasteiger charge is 2.35. The van der Waals surface area contributed by atoms with Crippen molar-refractivity contribution in [2.75, 3.05) is 36.3 Å². The number of aromatic nitrogens is 4. The van der Waals surface area contributed by atoms with E-state index >= 15 is 0 Å². The zero-order valence-corrected chi connectivity index (χ0v) is 14.5. The molecule has 1 saturated heterocycles. The maximum atomic E-state index is 13.6. The van der Waals surface area contributed by atoms with E-state index < -0.39 is 43.9 Å². The Bertz CT molecular complexity index is 1080. The fourth-order valence-corrected chi connectivity index (χ4v) is 2.94. The van der Waals surface area contributed by atoms with Crippen LogP contribution in [0.1, 0.15) is 42.3 Å². The van der Waals surface area contributed by atoms with Crippen molar-refractivity contribution >= 4 is 11.6 Å². The first-order valence-corrected chi connectivity index (χ1v) is 8.52. The predicted octanol–water partition coefficient (Wildman–Crippen LogP) is 2.80. The molecule has 0 radical (unpaired) electrons. The predicted molar refractivity (Wildman–Crippen MR) is 97.7 cm³/mol. The Labute approximate surface area is 168 Å². The van der Waals surface area contributed by atoms with E-state index in [-0.39, 0.29) is 42.3 Å². The summed E-state index contributed by atoms with van der Waals surface area (Å²) in [4.78, 5) is 8.72. The number of morpholine rings is 1. The molecule has 2 aromatic rings. The zero-order chi connectivity index (χ0) is 26.0. The molecule has 1 saturated carbocycles. The van der Waals surface area contributed by atoms with Gasteiger partial charge in [-0.2, -0.15) is 15.1 Å². The summed E-state index contributed by atoms with van der Waals surface area (Å²) in [7, 11) is 0. The van der Waals surface area contributed by atoms with Crippen molar-refractivity contribution < 1.29 is 24.5 Å². The molecule has 0 aromatic carbocycles. The van der Waals surface area contributed by atoms with Crippen molar-refractivity contribution in [2.45, 2.75) is 44.6 Å². The van der Waals surface area contributed by atoms with Gasteiger partial charge in [-0.05, 0) is 25.8 Å². The van der Waals surface area contributed by atoms with Gasteiger partial charge in [-0.3, -0.25) is 0 Å². The molecule has 146 valence electrons. The van der Waals surface area contributed by atoms with Gasteiger partial charge < -0.3 is 15.0 Å². The fourth-order valence-electron chi connectivity index (χ4n) is 2.94. The molecule has 1 N–H and O–H groups in total. The number of ether oxygens (including phenoxy) is 1. The van der Waals surface area contributed by atoms with Crippen molar-refractivity contribution in [3.63, 3.8) is 0 Å². The van der Waals surface area contributed by atoms with Crippen LogP contribution in [0, 0.1) is 6.92 Å². The minimum absolute atomic E-state index is 0.0348. The van der Waals surface area contributed by atoms with Crippen molar-refractivity contribution in [3.8, 4) is 5.95 Å². The average Bonchev–Trinajstić information content (AvgIpc) is 3.14. The van der Waals surface area contributed by atoms with Crippen LogP contribution in [0.15, 0.2) is 18.3 Å². The van der Waals surface area contributed by atoms with Gasteiger partial charge in [-0.25, -0.2) is 13.5 Å². The second-order valence-electron chi connectivity index (χ2n) is 6.45. The molecule has 0 spiro atoms. The van der Waals surface area contributed by atoms with Gasteiger partial charge >= 0.3 is 0 Å². The normalized spacial score (nSPS) is 32.5. The molecule has 0 unspecified atom stereocenters. The van der Waals surface area contributed by atoms with Crippen molar-refractivity contribution in [3.05, 3.63) is 24.0 Å². The van der Waals surface area contributed by atoms with Gasteiger partial charge in [0.25, 0.3) is 5.95 Å². The van der Waals surface area contributed by atoms with Crippen LogP contribution in [-0.4, -0.2) is 57.8 Å². The van der Waals surface area contributed by atoms with E-state index in [2.05, 4.69) is 25.1 Å². The molecular weight excluding hydrogens is 354 g/mol. The van der Waals surface area contributed by atoms with Crippen LogP contribution in [-0.2, 0) is 4.74 Å². The summed E-state index contributed by atoms with van der Waals surface area (Å²) in [5.74, 6) is -3.35. The number of nitrogens with zero attached hydrogens (tertiary/aromatic N) is 5. The van der Waals surface area contributed by atoms with Gasteiger partial charge in [-0.15, -0.1) is 0 Å². The molecule has 0 bridgehead atoms. The van der Waals surface area contributed by atoms with E-state index in [9.17, 15) is 8.78 Å². The molecule has 7 nitrogen and oxygen atoms in total. The lowest BCUT2D eigenvalue weighted by molar-refractivity contribution is -0.0361. The third-order valence-electron chi connectivity index (χ3n) is 4.34. The quantitative estimate of drug-likeness (QED) is 0.872. The van der Waals surface area contributed by atoms with Crippen molar-refractivity contribution in [2.24, 2.45) is 0 Å². The van der Waals surface area contributed by atoms with Crippen LogP contribution in [0.5, 0.6) is 0 Å². The van der Waals surface area contributed by atoms with E-state index in [0.717, 1.165) is 6.07 Å². The first kappa shape index (κ1) is 10.9. The Kier molecular flexibility index (Phi) is 2.98. The number of anilines is 2. The molecule has 2 fully saturated rings. The number of rotatable bonds is 4. The zero-order valence-electron chi connectivity index (χ0n) is 22.5. The molecule has 9 heteroatoms. The topological polar surface area (TPSA) is 68.1 Å². The number of halogens is 2. The summed E-state index contributed by atoms with van der Waals surface area (Å²) >= 11 is 0. The molecule has 3 heterocycles. The molecule has 1 aliphatic heterocycles. The van der Waals surface area contributed by atoms with Crippen LogP contribution < -0.4 is 10.2 Å². The highest BCUT2D eigenvalue weighted by atomic mass is 19.3. The lowest BCUT2D eigenvalue weighted by Gasteiger charge is -2.30. The van der Waals surface area contributed by atoms with Gasteiger partial charge in [0.2, 0.25) is 5.92 Å². The van der Waals surface area contributed by atoms with E-state index in [1.807, 2.05) is 0 Å². The van der Waals surface area contributed by atoms with Gasteiger partial charge in [0.05, 0.1) is 29.8 Å². The highest BCUT2D eigenvalue weighted by molar-refractivity contribution is 5.52. The number of alkyl halides is 2. The van der Waals surface area contributed by atoms with Crippen LogP contribution >= 0.6 is 0 Å². The summed E-state index contributed by atoms with van der Waals surface area (Å²) in [5.41, 5.74) is 0.590. The molecule has 2 aliphatic rings. The van der Waals surface area contributed by atoms with Gasteiger partial charge in [0.1, 0.15) is 11.6 Å². The molecule has 0 amide bonds. The SMILES string of the molecule is [2H]C1([2H])OC([2H])([2H])C([2H])([2H])N(c2cc(NC3CCC(F)(F)CC3)nc(-n3ccc(C)n3)n2)C1([2H])[2H]. The third kappa shape index (κ3) is 4.35. The first-order chi connectivity index (χ1) is 16.0. The summed E-state index contributed by atoms with van der Waals surface area (Å²) < 4.78 is 97.9. The van der Waals surface area contributed by atoms with Crippen molar-refractivity contribution in [1.82, 2.24) is 19.7 Å². The molecule has 2 aromatic heterocycles. The number of hydrogen-bond donors (Lipinski definition) is 1. The Morgan fingerprint density at radius 3 is 2.67 bits per heavy atom. The van der Waals surface area contributed by atoms with E-state index in [4.69, 9.17) is 11.0 Å². The van der Waals surface area contributed by atoms with E-state index in [1.54, 1.807) is 13.0 Å².